The van der Waals surface area contributed by atoms with Crippen molar-refractivity contribution in [2.24, 2.45) is 5.92 Å². The van der Waals surface area contributed by atoms with Crippen molar-refractivity contribution in [2.75, 3.05) is 7.05 Å². The summed E-state index contributed by atoms with van der Waals surface area (Å²) in [6.45, 7) is 5.43. The number of hydrogen-bond acceptors (Lipinski definition) is 3. The second-order valence-corrected chi connectivity index (χ2v) is 6.75. The minimum Gasteiger partial charge on any atom is -0.361 e. The Morgan fingerprint density at radius 2 is 1.86 bits per heavy atom. The summed E-state index contributed by atoms with van der Waals surface area (Å²) in [6.07, 6.45) is 4.67. The summed E-state index contributed by atoms with van der Waals surface area (Å²) < 4.78 is 5.56. The molecule has 118 valence electrons. The van der Waals surface area contributed by atoms with E-state index < -0.39 is 0 Å². The maximum atomic E-state index is 5.56. The Hall–Kier alpha value is -1.61. The van der Waals surface area contributed by atoms with Gasteiger partial charge < -0.3 is 4.52 Å². The van der Waals surface area contributed by atoms with Crippen LogP contribution >= 0.6 is 0 Å². The fraction of sp³-hybridized carbons (Fsp3) is 0.526. The Bertz CT molecular complexity index is 603. The molecule has 1 atom stereocenters. The van der Waals surface area contributed by atoms with E-state index in [0.717, 1.165) is 30.8 Å². The van der Waals surface area contributed by atoms with E-state index in [9.17, 15) is 0 Å². The number of aromatic nitrogens is 1. The quantitative estimate of drug-likeness (QED) is 0.820. The van der Waals surface area contributed by atoms with Crippen LogP contribution in [0, 0.1) is 5.92 Å². The molecule has 0 N–H and O–H groups in total. The van der Waals surface area contributed by atoms with Crippen LogP contribution in [0.25, 0.3) is 0 Å². The van der Waals surface area contributed by atoms with Gasteiger partial charge in [-0.25, -0.2) is 0 Å². The van der Waals surface area contributed by atoms with Crippen LogP contribution in [0.2, 0.25) is 0 Å². The summed E-state index contributed by atoms with van der Waals surface area (Å²) >= 11 is 0. The molecule has 3 heteroatoms. The lowest BCUT2D eigenvalue weighted by molar-refractivity contribution is 0.181. The lowest BCUT2D eigenvalue weighted by Crippen LogP contribution is -2.28. The van der Waals surface area contributed by atoms with Crippen molar-refractivity contribution in [1.82, 2.24) is 10.1 Å². The zero-order valence-electron chi connectivity index (χ0n) is 13.9. The summed E-state index contributed by atoms with van der Waals surface area (Å²) in [5.74, 6) is 1.67. The molecule has 22 heavy (non-hydrogen) atoms. The Labute approximate surface area is 133 Å². The minimum atomic E-state index is 0.400. The molecule has 1 unspecified atom stereocenters. The zero-order valence-corrected chi connectivity index (χ0v) is 13.9. The normalized spacial score (nSPS) is 16.0. The standard InChI is InChI=1S/C19H26N2O/c1-14(2)19(15-9-5-4-6-10-15)21(3)13-17-16-11-7-8-12-18(16)22-20-17/h4-6,9-10,14,19H,7-8,11-13H2,1-3H3. The third-order valence-corrected chi connectivity index (χ3v) is 4.68. The molecule has 0 radical (unpaired) electrons. The van der Waals surface area contributed by atoms with E-state index in [-0.39, 0.29) is 0 Å². The van der Waals surface area contributed by atoms with Crippen LogP contribution in [-0.4, -0.2) is 17.1 Å². The largest absolute Gasteiger partial charge is 0.361 e. The molecule has 1 aromatic carbocycles. The number of fused-ring (bicyclic) bond motifs is 1. The number of aryl methyl sites for hydroxylation is 1. The Morgan fingerprint density at radius 3 is 2.59 bits per heavy atom. The van der Waals surface area contributed by atoms with Gasteiger partial charge in [0, 0.05) is 24.6 Å². The number of nitrogens with zero attached hydrogens (tertiary/aromatic N) is 2. The van der Waals surface area contributed by atoms with E-state index in [0.29, 0.717) is 12.0 Å². The first-order valence-electron chi connectivity index (χ1n) is 8.38. The Balaban J connectivity index is 1.80. The maximum Gasteiger partial charge on any atom is 0.140 e. The predicted octanol–water partition coefficient (Wildman–Crippen LogP) is 4.38. The van der Waals surface area contributed by atoms with E-state index in [2.05, 4.69) is 61.3 Å². The molecule has 1 heterocycles. The zero-order chi connectivity index (χ0) is 15.5. The number of rotatable bonds is 5. The highest BCUT2D eigenvalue weighted by molar-refractivity contribution is 5.26. The second-order valence-electron chi connectivity index (χ2n) is 6.75. The molecule has 1 aliphatic carbocycles. The van der Waals surface area contributed by atoms with Crippen LogP contribution in [0.5, 0.6) is 0 Å². The molecule has 3 rings (SSSR count). The first-order chi connectivity index (χ1) is 10.7. The molecule has 0 bridgehead atoms. The Morgan fingerprint density at radius 1 is 1.14 bits per heavy atom. The first kappa shape index (κ1) is 15.3. The SMILES string of the molecule is CC(C)C(c1ccccc1)N(C)Cc1noc2c1CCCC2. The monoisotopic (exact) mass is 298 g/mol. The van der Waals surface area contributed by atoms with Gasteiger partial charge in [0.1, 0.15) is 11.5 Å². The van der Waals surface area contributed by atoms with Gasteiger partial charge in [-0.1, -0.05) is 49.3 Å². The van der Waals surface area contributed by atoms with Crippen LogP contribution in [0.4, 0.5) is 0 Å². The lowest BCUT2D eigenvalue weighted by atomic mass is 9.93. The highest BCUT2D eigenvalue weighted by Crippen LogP contribution is 2.30. The van der Waals surface area contributed by atoms with Crippen LogP contribution in [0.15, 0.2) is 34.9 Å². The van der Waals surface area contributed by atoms with Crippen molar-refractivity contribution >= 4 is 0 Å². The fourth-order valence-electron chi connectivity index (χ4n) is 3.71. The second kappa shape index (κ2) is 6.66. The van der Waals surface area contributed by atoms with E-state index >= 15 is 0 Å². The summed E-state index contributed by atoms with van der Waals surface area (Å²) in [6, 6.07) is 11.2. The summed E-state index contributed by atoms with van der Waals surface area (Å²) in [7, 11) is 2.20. The molecule has 0 aliphatic heterocycles. The Kier molecular flexibility index (Phi) is 4.63. The van der Waals surface area contributed by atoms with E-state index in [1.807, 2.05) is 0 Å². The molecule has 3 nitrogen and oxygen atoms in total. The summed E-state index contributed by atoms with van der Waals surface area (Å²) in [5, 5.41) is 4.36. The third kappa shape index (κ3) is 3.09. The van der Waals surface area contributed by atoms with E-state index in [4.69, 9.17) is 4.52 Å². The van der Waals surface area contributed by atoms with E-state index in [1.165, 1.54) is 24.0 Å². The van der Waals surface area contributed by atoms with E-state index in [1.54, 1.807) is 0 Å². The molecular formula is C19H26N2O. The van der Waals surface area contributed by atoms with Crippen molar-refractivity contribution in [2.45, 2.75) is 52.1 Å². The molecule has 0 amide bonds. The molecule has 0 fully saturated rings. The smallest absolute Gasteiger partial charge is 0.140 e. The van der Waals surface area contributed by atoms with Gasteiger partial charge in [0.05, 0.1) is 0 Å². The molecule has 0 saturated heterocycles. The van der Waals surface area contributed by atoms with Gasteiger partial charge in [0.2, 0.25) is 0 Å². The molecule has 1 aromatic heterocycles. The fourth-order valence-corrected chi connectivity index (χ4v) is 3.71. The van der Waals surface area contributed by atoms with Gasteiger partial charge >= 0.3 is 0 Å². The molecule has 2 aromatic rings. The topological polar surface area (TPSA) is 29.3 Å². The van der Waals surface area contributed by atoms with Crippen molar-refractivity contribution in [3.05, 3.63) is 52.9 Å². The molecule has 0 saturated carbocycles. The van der Waals surface area contributed by atoms with Gasteiger partial charge in [-0.2, -0.15) is 0 Å². The van der Waals surface area contributed by atoms with Crippen LogP contribution in [0.3, 0.4) is 0 Å². The minimum absolute atomic E-state index is 0.400. The van der Waals surface area contributed by atoms with Crippen LogP contribution < -0.4 is 0 Å². The van der Waals surface area contributed by atoms with Gasteiger partial charge in [-0.15, -0.1) is 0 Å². The van der Waals surface area contributed by atoms with Gasteiger partial charge in [0.15, 0.2) is 0 Å². The first-order valence-corrected chi connectivity index (χ1v) is 8.38. The van der Waals surface area contributed by atoms with Crippen molar-refractivity contribution in [1.29, 1.82) is 0 Å². The average Bonchev–Trinajstić information content (AvgIpc) is 2.91. The van der Waals surface area contributed by atoms with Crippen molar-refractivity contribution in [3.8, 4) is 0 Å². The summed E-state index contributed by atoms with van der Waals surface area (Å²) in [4.78, 5) is 2.41. The van der Waals surface area contributed by atoms with Crippen LogP contribution in [0.1, 0.15) is 55.3 Å². The maximum absolute atomic E-state index is 5.56. The van der Waals surface area contributed by atoms with Crippen LogP contribution in [-0.2, 0) is 19.4 Å². The molecule has 0 spiro atoms. The summed E-state index contributed by atoms with van der Waals surface area (Å²) in [5.41, 5.74) is 3.88. The predicted molar refractivity (Wildman–Crippen MR) is 88.6 cm³/mol. The van der Waals surface area contributed by atoms with Crippen molar-refractivity contribution < 1.29 is 4.52 Å². The number of benzene rings is 1. The lowest BCUT2D eigenvalue weighted by Gasteiger charge is -2.31. The molecule has 1 aliphatic rings. The van der Waals surface area contributed by atoms with Crippen molar-refractivity contribution in [3.63, 3.8) is 0 Å². The van der Waals surface area contributed by atoms with Gasteiger partial charge in [0.25, 0.3) is 0 Å². The molecular weight excluding hydrogens is 272 g/mol. The number of hydrogen-bond donors (Lipinski definition) is 0. The highest BCUT2D eigenvalue weighted by atomic mass is 16.5. The average molecular weight is 298 g/mol. The van der Waals surface area contributed by atoms with Gasteiger partial charge in [-0.3, -0.25) is 4.90 Å². The van der Waals surface area contributed by atoms with Gasteiger partial charge in [-0.05, 0) is 37.8 Å². The third-order valence-electron chi connectivity index (χ3n) is 4.68. The highest BCUT2D eigenvalue weighted by Gasteiger charge is 2.25.